The SMILES string of the molecule is Cc1ccc(S)cc1C(=O)NCCc1ccccc1F. The van der Waals surface area contributed by atoms with Crippen molar-refractivity contribution < 1.29 is 9.18 Å². The second-order valence-electron chi connectivity index (χ2n) is 4.60. The summed E-state index contributed by atoms with van der Waals surface area (Å²) in [5.74, 6) is -0.398. The van der Waals surface area contributed by atoms with Crippen molar-refractivity contribution in [3.63, 3.8) is 0 Å². The van der Waals surface area contributed by atoms with E-state index in [4.69, 9.17) is 0 Å². The van der Waals surface area contributed by atoms with Crippen LogP contribution in [0.5, 0.6) is 0 Å². The summed E-state index contributed by atoms with van der Waals surface area (Å²) in [7, 11) is 0. The van der Waals surface area contributed by atoms with Crippen LogP contribution in [0.15, 0.2) is 47.4 Å². The van der Waals surface area contributed by atoms with Crippen molar-refractivity contribution in [1.82, 2.24) is 5.32 Å². The molecule has 0 saturated carbocycles. The molecule has 1 amide bonds. The number of aryl methyl sites for hydroxylation is 1. The molecule has 4 heteroatoms. The normalized spacial score (nSPS) is 10.3. The van der Waals surface area contributed by atoms with Gasteiger partial charge in [-0.3, -0.25) is 4.79 Å². The highest BCUT2D eigenvalue weighted by atomic mass is 32.1. The van der Waals surface area contributed by atoms with Crippen LogP contribution in [0, 0.1) is 12.7 Å². The van der Waals surface area contributed by atoms with Gasteiger partial charge in [-0.1, -0.05) is 24.3 Å². The van der Waals surface area contributed by atoms with Crippen LogP contribution in [-0.4, -0.2) is 12.5 Å². The predicted octanol–water partition coefficient (Wildman–Crippen LogP) is 3.40. The minimum atomic E-state index is -0.240. The lowest BCUT2D eigenvalue weighted by Gasteiger charge is -2.09. The fraction of sp³-hybridized carbons (Fsp3) is 0.188. The van der Waals surface area contributed by atoms with Crippen LogP contribution in [-0.2, 0) is 6.42 Å². The van der Waals surface area contributed by atoms with Gasteiger partial charge in [-0.05, 0) is 42.7 Å². The van der Waals surface area contributed by atoms with E-state index in [0.29, 0.717) is 24.1 Å². The average Bonchev–Trinajstić information content (AvgIpc) is 2.43. The highest BCUT2D eigenvalue weighted by molar-refractivity contribution is 7.80. The maximum absolute atomic E-state index is 13.4. The molecule has 2 nitrogen and oxygen atoms in total. The Morgan fingerprint density at radius 2 is 2.00 bits per heavy atom. The third-order valence-corrected chi connectivity index (χ3v) is 3.38. The summed E-state index contributed by atoms with van der Waals surface area (Å²) >= 11 is 4.23. The smallest absolute Gasteiger partial charge is 0.251 e. The number of nitrogens with one attached hydrogen (secondary N) is 1. The molecular weight excluding hydrogens is 273 g/mol. The lowest BCUT2D eigenvalue weighted by atomic mass is 10.1. The number of hydrogen-bond acceptors (Lipinski definition) is 2. The van der Waals surface area contributed by atoms with Crippen molar-refractivity contribution in [2.24, 2.45) is 0 Å². The van der Waals surface area contributed by atoms with Gasteiger partial charge in [-0.15, -0.1) is 12.6 Å². The summed E-state index contributed by atoms with van der Waals surface area (Å²) in [6, 6.07) is 12.0. The van der Waals surface area contributed by atoms with E-state index in [1.807, 2.05) is 19.1 Å². The fourth-order valence-electron chi connectivity index (χ4n) is 1.96. The van der Waals surface area contributed by atoms with Gasteiger partial charge >= 0.3 is 0 Å². The Labute approximate surface area is 123 Å². The Morgan fingerprint density at radius 3 is 2.75 bits per heavy atom. The molecule has 104 valence electrons. The van der Waals surface area contributed by atoms with Gasteiger partial charge in [0.05, 0.1) is 0 Å². The molecule has 0 spiro atoms. The zero-order valence-electron chi connectivity index (χ0n) is 11.2. The Bertz CT molecular complexity index is 628. The molecule has 2 rings (SSSR count). The average molecular weight is 289 g/mol. The van der Waals surface area contributed by atoms with Crippen molar-refractivity contribution in [2.75, 3.05) is 6.54 Å². The summed E-state index contributed by atoms with van der Waals surface area (Å²) in [6.45, 7) is 2.27. The van der Waals surface area contributed by atoms with Gasteiger partial charge in [0, 0.05) is 17.0 Å². The minimum absolute atomic E-state index is 0.158. The van der Waals surface area contributed by atoms with Crippen molar-refractivity contribution in [1.29, 1.82) is 0 Å². The predicted molar refractivity (Wildman–Crippen MR) is 80.9 cm³/mol. The van der Waals surface area contributed by atoms with E-state index >= 15 is 0 Å². The molecule has 0 aliphatic carbocycles. The lowest BCUT2D eigenvalue weighted by molar-refractivity contribution is 0.0953. The molecule has 20 heavy (non-hydrogen) atoms. The standard InChI is InChI=1S/C16H16FNOS/c1-11-6-7-13(20)10-14(11)16(19)18-9-8-12-4-2-3-5-15(12)17/h2-7,10,20H,8-9H2,1H3,(H,18,19). The summed E-state index contributed by atoms with van der Waals surface area (Å²) in [4.78, 5) is 12.8. The first-order chi connectivity index (χ1) is 9.58. The molecule has 0 atom stereocenters. The van der Waals surface area contributed by atoms with E-state index in [1.54, 1.807) is 24.3 Å². The Morgan fingerprint density at radius 1 is 1.25 bits per heavy atom. The number of halogens is 1. The molecule has 2 aromatic carbocycles. The number of amides is 1. The molecular formula is C16H16FNOS. The van der Waals surface area contributed by atoms with Gasteiger partial charge in [0.1, 0.15) is 5.82 Å². The van der Waals surface area contributed by atoms with E-state index in [0.717, 1.165) is 10.5 Å². The first-order valence-electron chi connectivity index (χ1n) is 6.39. The van der Waals surface area contributed by atoms with Gasteiger partial charge in [0.2, 0.25) is 0 Å². The first-order valence-corrected chi connectivity index (χ1v) is 6.84. The zero-order chi connectivity index (χ0) is 14.5. The molecule has 2 aromatic rings. The molecule has 1 N–H and O–H groups in total. The second kappa shape index (κ2) is 6.57. The van der Waals surface area contributed by atoms with E-state index in [2.05, 4.69) is 17.9 Å². The van der Waals surface area contributed by atoms with Crippen LogP contribution in [0.4, 0.5) is 4.39 Å². The van der Waals surface area contributed by atoms with E-state index in [-0.39, 0.29) is 11.7 Å². The molecule has 0 heterocycles. The van der Waals surface area contributed by atoms with Crippen LogP contribution < -0.4 is 5.32 Å². The van der Waals surface area contributed by atoms with Gasteiger partial charge in [0.25, 0.3) is 5.91 Å². The minimum Gasteiger partial charge on any atom is -0.352 e. The molecule has 0 bridgehead atoms. The van der Waals surface area contributed by atoms with Gasteiger partial charge in [0.15, 0.2) is 0 Å². The number of benzene rings is 2. The molecule has 0 saturated heterocycles. The van der Waals surface area contributed by atoms with Gasteiger partial charge in [-0.25, -0.2) is 4.39 Å². The van der Waals surface area contributed by atoms with Crippen molar-refractivity contribution in [2.45, 2.75) is 18.2 Å². The molecule has 0 fully saturated rings. The van der Waals surface area contributed by atoms with Crippen LogP contribution in [0.3, 0.4) is 0 Å². The highest BCUT2D eigenvalue weighted by Gasteiger charge is 2.09. The lowest BCUT2D eigenvalue weighted by Crippen LogP contribution is -2.26. The van der Waals surface area contributed by atoms with Crippen molar-refractivity contribution >= 4 is 18.5 Å². The molecule has 0 aromatic heterocycles. The molecule has 0 aliphatic rings. The topological polar surface area (TPSA) is 29.1 Å². The first kappa shape index (κ1) is 14.6. The van der Waals surface area contributed by atoms with E-state index in [9.17, 15) is 9.18 Å². The monoisotopic (exact) mass is 289 g/mol. The molecule has 0 aliphatic heterocycles. The highest BCUT2D eigenvalue weighted by Crippen LogP contribution is 2.14. The Kier molecular flexibility index (Phi) is 4.79. The molecule has 0 radical (unpaired) electrons. The van der Waals surface area contributed by atoms with Crippen molar-refractivity contribution in [3.8, 4) is 0 Å². The number of hydrogen-bond donors (Lipinski definition) is 2. The van der Waals surface area contributed by atoms with Crippen LogP contribution in [0.1, 0.15) is 21.5 Å². The van der Waals surface area contributed by atoms with Crippen LogP contribution in [0.2, 0.25) is 0 Å². The number of rotatable bonds is 4. The summed E-state index contributed by atoms with van der Waals surface area (Å²) in [6.07, 6.45) is 0.470. The zero-order valence-corrected chi connectivity index (χ0v) is 12.1. The van der Waals surface area contributed by atoms with Crippen molar-refractivity contribution in [3.05, 3.63) is 65.0 Å². The Balaban J connectivity index is 1.96. The second-order valence-corrected chi connectivity index (χ2v) is 5.11. The van der Waals surface area contributed by atoms with E-state index < -0.39 is 0 Å². The summed E-state index contributed by atoms with van der Waals surface area (Å²) in [5, 5.41) is 2.80. The summed E-state index contributed by atoms with van der Waals surface area (Å²) in [5.41, 5.74) is 2.10. The largest absolute Gasteiger partial charge is 0.352 e. The summed E-state index contributed by atoms with van der Waals surface area (Å²) < 4.78 is 13.4. The number of carbonyl (C=O) groups is 1. The molecule has 0 unspecified atom stereocenters. The third kappa shape index (κ3) is 3.61. The third-order valence-electron chi connectivity index (χ3n) is 3.10. The quantitative estimate of drug-likeness (QED) is 0.830. The van der Waals surface area contributed by atoms with E-state index in [1.165, 1.54) is 6.07 Å². The van der Waals surface area contributed by atoms with Crippen LogP contribution in [0.25, 0.3) is 0 Å². The number of carbonyl (C=O) groups excluding carboxylic acids is 1. The maximum atomic E-state index is 13.4. The van der Waals surface area contributed by atoms with Gasteiger partial charge in [-0.2, -0.15) is 0 Å². The Hall–Kier alpha value is -1.81. The van der Waals surface area contributed by atoms with Gasteiger partial charge < -0.3 is 5.32 Å². The number of thiol groups is 1. The van der Waals surface area contributed by atoms with Crippen LogP contribution >= 0.6 is 12.6 Å². The fourth-order valence-corrected chi connectivity index (χ4v) is 2.17. The maximum Gasteiger partial charge on any atom is 0.251 e.